The third-order valence-electron chi connectivity index (χ3n) is 7.82. The molecule has 1 saturated carbocycles. The van der Waals surface area contributed by atoms with Crippen LogP contribution >= 0.6 is 23.2 Å². The topological polar surface area (TPSA) is 83.9 Å². The Hall–Kier alpha value is -2.58. The van der Waals surface area contributed by atoms with E-state index in [1.807, 2.05) is 44.2 Å². The number of aryl methyl sites for hydroxylation is 1. The molecule has 2 aliphatic rings. The number of fused-ring (bicyclic) bond motifs is 1. The van der Waals surface area contributed by atoms with Crippen molar-refractivity contribution in [3.8, 4) is 16.9 Å². The summed E-state index contributed by atoms with van der Waals surface area (Å²) in [5.41, 5.74) is 1.71. The average Bonchev–Trinajstić information content (AvgIpc) is 3.36. The highest BCUT2D eigenvalue weighted by Gasteiger charge is 2.49. The van der Waals surface area contributed by atoms with Gasteiger partial charge in [0.25, 0.3) is 0 Å². The first-order valence-electron chi connectivity index (χ1n) is 13.0. The van der Waals surface area contributed by atoms with E-state index in [9.17, 15) is 18.3 Å². The van der Waals surface area contributed by atoms with E-state index in [-0.39, 0.29) is 10.5 Å². The predicted octanol–water partition coefficient (Wildman–Crippen LogP) is 7.31. The molecule has 1 fully saturated rings. The molecule has 3 aromatic carbocycles. The molecule has 1 aliphatic carbocycles. The summed E-state index contributed by atoms with van der Waals surface area (Å²) in [6.07, 6.45) is 3.87. The van der Waals surface area contributed by atoms with Crippen molar-refractivity contribution in [3.63, 3.8) is 0 Å². The number of aliphatic carboxylic acids is 1. The molecular formula is C30H31Cl2NO5S. The van der Waals surface area contributed by atoms with Crippen molar-refractivity contribution in [1.82, 2.24) is 4.31 Å². The first-order chi connectivity index (χ1) is 18.4. The van der Waals surface area contributed by atoms with E-state index >= 15 is 0 Å². The number of nitrogens with zero attached hydrogens (tertiary/aromatic N) is 1. The lowest BCUT2D eigenvalue weighted by atomic mass is 9.86. The number of hydrogen-bond donors (Lipinski definition) is 1. The standard InChI is InChI=1S/C30H31Cl2NO5S/c1-29(2)15-12-22-17-24(9-11-27(22)38-29)39(36,37)33(19-28(34)35)30(13-3-4-14-30)25-10-8-21(18-26(25)32)20-6-5-7-23(31)16-20/h5-11,16-18H,3-4,12-15,19H2,1-2H3,(H,34,35). The van der Waals surface area contributed by atoms with Crippen molar-refractivity contribution in [2.45, 2.75) is 68.4 Å². The Bertz CT molecular complexity index is 1530. The molecular weight excluding hydrogens is 557 g/mol. The molecule has 0 unspecified atom stereocenters. The molecule has 1 N–H and O–H groups in total. The Morgan fingerprint density at radius 2 is 1.69 bits per heavy atom. The van der Waals surface area contributed by atoms with E-state index in [2.05, 4.69) is 0 Å². The van der Waals surface area contributed by atoms with Crippen LogP contribution in [-0.2, 0) is 26.8 Å². The van der Waals surface area contributed by atoms with Gasteiger partial charge in [-0.2, -0.15) is 4.31 Å². The van der Waals surface area contributed by atoms with Crippen LogP contribution in [-0.4, -0.2) is 35.9 Å². The van der Waals surface area contributed by atoms with Crippen LogP contribution < -0.4 is 4.74 Å². The van der Waals surface area contributed by atoms with Crippen LogP contribution in [0.1, 0.15) is 57.1 Å². The van der Waals surface area contributed by atoms with Crippen molar-refractivity contribution in [1.29, 1.82) is 0 Å². The maximum absolute atomic E-state index is 14.2. The van der Waals surface area contributed by atoms with Gasteiger partial charge in [0.05, 0.1) is 10.4 Å². The molecule has 0 amide bonds. The summed E-state index contributed by atoms with van der Waals surface area (Å²) in [4.78, 5) is 12.2. The minimum atomic E-state index is -4.21. The zero-order chi connectivity index (χ0) is 28.0. The number of halogens is 2. The van der Waals surface area contributed by atoms with Gasteiger partial charge in [0, 0.05) is 10.0 Å². The van der Waals surface area contributed by atoms with E-state index < -0.39 is 28.1 Å². The van der Waals surface area contributed by atoms with Gasteiger partial charge in [-0.1, -0.05) is 60.3 Å². The SMILES string of the molecule is CC1(C)CCc2cc(S(=O)(=O)N(CC(=O)O)C3(c4ccc(-c5cccc(Cl)c5)cc4Cl)CCCC3)ccc2O1. The van der Waals surface area contributed by atoms with E-state index in [0.717, 1.165) is 40.3 Å². The first kappa shape index (κ1) is 28.0. The molecule has 0 bridgehead atoms. The molecule has 0 aromatic heterocycles. The lowest BCUT2D eigenvalue weighted by molar-refractivity contribution is -0.138. The monoisotopic (exact) mass is 587 g/mol. The number of sulfonamides is 1. The molecule has 1 heterocycles. The third kappa shape index (κ3) is 5.42. The first-order valence-corrected chi connectivity index (χ1v) is 15.2. The molecule has 3 aromatic rings. The highest BCUT2D eigenvalue weighted by molar-refractivity contribution is 7.89. The molecule has 5 rings (SSSR count). The second-order valence-electron chi connectivity index (χ2n) is 11.0. The van der Waals surface area contributed by atoms with Crippen molar-refractivity contribution in [3.05, 3.63) is 81.8 Å². The molecule has 0 atom stereocenters. The zero-order valence-electron chi connectivity index (χ0n) is 21.9. The van der Waals surface area contributed by atoms with Crippen LogP contribution in [0.4, 0.5) is 0 Å². The van der Waals surface area contributed by atoms with Gasteiger partial charge in [0.2, 0.25) is 10.0 Å². The smallest absolute Gasteiger partial charge is 0.318 e. The van der Waals surface area contributed by atoms with Crippen molar-refractivity contribution >= 4 is 39.2 Å². The minimum Gasteiger partial charge on any atom is -0.488 e. The van der Waals surface area contributed by atoms with Gasteiger partial charge in [-0.05, 0) is 98.2 Å². The molecule has 6 nitrogen and oxygen atoms in total. The molecule has 0 radical (unpaired) electrons. The van der Waals surface area contributed by atoms with Crippen LogP contribution in [0.3, 0.4) is 0 Å². The maximum Gasteiger partial charge on any atom is 0.318 e. The Balaban J connectivity index is 1.59. The number of benzene rings is 3. The van der Waals surface area contributed by atoms with Crippen molar-refractivity contribution in [2.24, 2.45) is 0 Å². The summed E-state index contributed by atoms with van der Waals surface area (Å²) in [5.74, 6) is -0.565. The Morgan fingerprint density at radius 3 is 2.36 bits per heavy atom. The van der Waals surface area contributed by atoms with Crippen LogP contribution in [0.5, 0.6) is 5.75 Å². The molecule has 206 valence electrons. The number of carboxylic acids is 1. The number of ether oxygens (including phenoxy) is 1. The fraction of sp³-hybridized carbons (Fsp3) is 0.367. The van der Waals surface area contributed by atoms with Crippen LogP contribution in [0.25, 0.3) is 11.1 Å². The van der Waals surface area contributed by atoms with Gasteiger partial charge < -0.3 is 9.84 Å². The van der Waals surface area contributed by atoms with Crippen molar-refractivity contribution in [2.75, 3.05) is 6.54 Å². The van der Waals surface area contributed by atoms with Gasteiger partial charge in [-0.15, -0.1) is 0 Å². The van der Waals surface area contributed by atoms with E-state index in [1.165, 1.54) is 6.07 Å². The number of carboxylic acid groups (broad SMARTS) is 1. The largest absolute Gasteiger partial charge is 0.488 e. The Morgan fingerprint density at radius 1 is 0.974 bits per heavy atom. The normalized spacial score (nSPS) is 18.0. The number of rotatable bonds is 7. The third-order valence-corrected chi connectivity index (χ3v) is 10.3. The Labute approximate surface area is 239 Å². The highest BCUT2D eigenvalue weighted by atomic mass is 35.5. The average molecular weight is 589 g/mol. The fourth-order valence-corrected chi connectivity index (χ4v) is 8.22. The van der Waals surface area contributed by atoms with E-state index in [4.69, 9.17) is 27.9 Å². The Kier molecular flexibility index (Phi) is 7.48. The van der Waals surface area contributed by atoms with Crippen LogP contribution in [0.15, 0.2) is 65.6 Å². The van der Waals surface area contributed by atoms with Crippen molar-refractivity contribution < 1.29 is 23.1 Å². The highest BCUT2D eigenvalue weighted by Crippen LogP contribution is 2.49. The molecule has 0 spiro atoms. The quantitative estimate of drug-likeness (QED) is 0.313. The van der Waals surface area contributed by atoms with Crippen LogP contribution in [0, 0.1) is 0 Å². The van der Waals surface area contributed by atoms with Gasteiger partial charge in [-0.25, -0.2) is 8.42 Å². The zero-order valence-corrected chi connectivity index (χ0v) is 24.2. The van der Waals surface area contributed by atoms with Crippen LogP contribution in [0.2, 0.25) is 10.0 Å². The summed E-state index contributed by atoms with van der Waals surface area (Å²) >= 11 is 13.0. The fourth-order valence-electron chi connectivity index (χ4n) is 5.87. The second kappa shape index (κ2) is 10.4. The maximum atomic E-state index is 14.2. The van der Waals surface area contributed by atoms with E-state index in [1.54, 1.807) is 24.3 Å². The number of carbonyl (C=O) groups is 1. The second-order valence-corrected chi connectivity index (χ2v) is 13.7. The minimum absolute atomic E-state index is 0.0590. The molecule has 0 saturated heterocycles. The summed E-state index contributed by atoms with van der Waals surface area (Å²) in [5, 5.41) is 10.9. The predicted molar refractivity (Wildman–Crippen MR) is 153 cm³/mol. The summed E-state index contributed by atoms with van der Waals surface area (Å²) in [7, 11) is -4.21. The van der Waals surface area contributed by atoms with Gasteiger partial charge in [0.1, 0.15) is 17.9 Å². The number of hydrogen-bond acceptors (Lipinski definition) is 4. The summed E-state index contributed by atoms with van der Waals surface area (Å²) in [6.45, 7) is 3.33. The van der Waals surface area contributed by atoms with Gasteiger partial charge in [0.15, 0.2) is 0 Å². The lowest BCUT2D eigenvalue weighted by Crippen LogP contribution is -2.50. The molecule has 39 heavy (non-hydrogen) atoms. The summed E-state index contributed by atoms with van der Waals surface area (Å²) < 4.78 is 35.7. The lowest BCUT2D eigenvalue weighted by Gasteiger charge is -2.41. The van der Waals surface area contributed by atoms with E-state index in [0.29, 0.717) is 40.6 Å². The van der Waals surface area contributed by atoms with Gasteiger partial charge >= 0.3 is 5.97 Å². The van der Waals surface area contributed by atoms with Gasteiger partial charge in [-0.3, -0.25) is 4.79 Å². The molecule has 1 aliphatic heterocycles. The summed E-state index contributed by atoms with van der Waals surface area (Å²) in [6, 6.07) is 17.7. The molecule has 9 heteroatoms.